The summed E-state index contributed by atoms with van der Waals surface area (Å²) in [6.45, 7) is 6.12. The lowest BCUT2D eigenvalue weighted by molar-refractivity contribution is -0.122. The van der Waals surface area contributed by atoms with E-state index in [0.29, 0.717) is 19.0 Å². The van der Waals surface area contributed by atoms with Gasteiger partial charge in [0.2, 0.25) is 5.91 Å². The smallest absolute Gasteiger partial charge is 0.234 e. The van der Waals surface area contributed by atoms with Gasteiger partial charge in [-0.3, -0.25) is 14.6 Å². The monoisotopic (exact) mass is 309 g/mol. The van der Waals surface area contributed by atoms with Gasteiger partial charge in [0.05, 0.1) is 6.54 Å². The molecule has 1 heterocycles. The van der Waals surface area contributed by atoms with Crippen LogP contribution in [-0.4, -0.2) is 60.9 Å². The largest absolute Gasteiger partial charge is 0.355 e. The topological polar surface area (TPSA) is 35.6 Å². The van der Waals surface area contributed by atoms with Crippen LogP contribution in [0.5, 0.6) is 0 Å². The van der Waals surface area contributed by atoms with Crippen LogP contribution in [0.3, 0.4) is 0 Å². The minimum atomic E-state index is 0.108. The summed E-state index contributed by atoms with van der Waals surface area (Å²) in [6, 6.07) is 10.5. The molecule has 0 bridgehead atoms. The summed E-state index contributed by atoms with van der Waals surface area (Å²) in [5.41, 5.74) is 1.35. The standard InChI is InChI=1S/C16H24ClN3O/c17-7-4-8-18-16(21)14-20-11-9-19(10-12-20)13-15-5-2-1-3-6-15/h1-3,5-6H,4,7-14H2,(H,18,21). The quantitative estimate of drug-likeness (QED) is 0.613. The Balaban J connectivity index is 1.65. The summed E-state index contributed by atoms with van der Waals surface area (Å²) in [6.07, 6.45) is 0.831. The van der Waals surface area contributed by atoms with Crippen LogP contribution in [0.15, 0.2) is 30.3 Å². The Kier molecular flexibility index (Phi) is 7.00. The number of carbonyl (C=O) groups is 1. The van der Waals surface area contributed by atoms with Gasteiger partial charge in [0.25, 0.3) is 0 Å². The van der Waals surface area contributed by atoms with Crippen LogP contribution >= 0.6 is 11.6 Å². The van der Waals surface area contributed by atoms with Crippen molar-refractivity contribution in [2.45, 2.75) is 13.0 Å². The number of piperazine rings is 1. The number of hydrogen-bond acceptors (Lipinski definition) is 3. The molecule has 21 heavy (non-hydrogen) atoms. The zero-order valence-corrected chi connectivity index (χ0v) is 13.2. The number of rotatable bonds is 7. The Morgan fingerprint density at radius 3 is 2.43 bits per heavy atom. The highest BCUT2D eigenvalue weighted by atomic mass is 35.5. The van der Waals surface area contributed by atoms with Gasteiger partial charge in [0.1, 0.15) is 0 Å². The molecule has 1 aromatic carbocycles. The predicted molar refractivity (Wildman–Crippen MR) is 86.5 cm³/mol. The van der Waals surface area contributed by atoms with Gasteiger partial charge in [-0.05, 0) is 12.0 Å². The third-order valence-electron chi connectivity index (χ3n) is 3.71. The first-order chi connectivity index (χ1) is 10.3. The van der Waals surface area contributed by atoms with E-state index in [0.717, 1.165) is 39.1 Å². The minimum absolute atomic E-state index is 0.108. The van der Waals surface area contributed by atoms with Crippen molar-refractivity contribution in [2.75, 3.05) is 45.1 Å². The van der Waals surface area contributed by atoms with Crippen LogP contribution in [-0.2, 0) is 11.3 Å². The maximum Gasteiger partial charge on any atom is 0.234 e. The van der Waals surface area contributed by atoms with E-state index in [9.17, 15) is 4.79 Å². The fourth-order valence-electron chi connectivity index (χ4n) is 2.50. The Labute approximate surface area is 132 Å². The molecular formula is C16H24ClN3O. The van der Waals surface area contributed by atoms with Gasteiger partial charge < -0.3 is 5.32 Å². The van der Waals surface area contributed by atoms with E-state index in [1.54, 1.807) is 0 Å². The number of nitrogens with one attached hydrogen (secondary N) is 1. The molecule has 0 atom stereocenters. The highest BCUT2D eigenvalue weighted by Gasteiger charge is 2.18. The molecule has 1 fully saturated rings. The van der Waals surface area contributed by atoms with E-state index >= 15 is 0 Å². The van der Waals surface area contributed by atoms with E-state index < -0.39 is 0 Å². The number of benzene rings is 1. The van der Waals surface area contributed by atoms with Gasteiger partial charge in [-0.25, -0.2) is 0 Å². The maximum atomic E-state index is 11.7. The molecule has 0 aliphatic carbocycles. The number of amides is 1. The summed E-state index contributed by atoms with van der Waals surface area (Å²) >= 11 is 5.59. The van der Waals surface area contributed by atoms with E-state index in [4.69, 9.17) is 11.6 Å². The van der Waals surface area contributed by atoms with Gasteiger partial charge in [0, 0.05) is 45.1 Å². The van der Waals surface area contributed by atoms with Crippen LogP contribution in [0.1, 0.15) is 12.0 Å². The summed E-state index contributed by atoms with van der Waals surface area (Å²) in [7, 11) is 0. The third kappa shape index (κ3) is 6.04. The maximum absolute atomic E-state index is 11.7. The highest BCUT2D eigenvalue weighted by Crippen LogP contribution is 2.08. The Morgan fingerprint density at radius 1 is 1.10 bits per heavy atom. The van der Waals surface area contributed by atoms with Gasteiger partial charge >= 0.3 is 0 Å². The number of hydrogen-bond donors (Lipinski definition) is 1. The van der Waals surface area contributed by atoms with E-state index in [1.807, 2.05) is 6.07 Å². The molecule has 0 spiro atoms. The second-order valence-corrected chi connectivity index (χ2v) is 5.81. The van der Waals surface area contributed by atoms with Crippen molar-refractivity contribution in [1.82, 2.24) is 15.1 Å². The molecule has 1 N–H and O–H groups in total. The summed E-state index contributed by atoms with van der Waals surface area (Å²) < 4.78 is 0. The Bertz CT molecular complexity index is 419. The highest BCUT2D eigenvalue weighted by molar-refractivity contribution is 6.17. The Morgan fingerprint density at radius 2 is 1.76 bits per heavy atom. The molecule has 0 aromatic heterocycles. The Hall–Kier alpha value is -1.10. The van der Waals surface area contributed by atoms with Crippen molar-refractivity contribution in [2.24, 2.45) is 0 Å². The SMILES string of the molecule is O=C(CN1CCN(Cc2ccccc2)CC1)NCCCCl. The van der Waals surface area contributed by atoms with Crippen LogP contribution in [0.4, 0.5) is 0 Å². The lowest BCUT2D eigenvalue weighted by atomic mass is 10.2. The first-order valence-corrected chi connectivity index (χ1v) is 8.12. The zero-order chi connectivity index (χ0) is 14.9. The molecule has 1 amide bonds. The average molecular weight is 310 g/mol. The van der Waals surface area contributed by atoms with E-state index in [2.05, 4.69) is 39.4 Å². The van der Waals surface area contributed by atoms with Crippen molar-refractivity contribution in [3.05, 3.63) is 35.9 Å². The fraction of sp³-hybridized carbons (Fsp3) is 0.562. The normalized spacial score (nSPS) is 16.8. The minimum Gasteiger partial charge on any atom is -0.355 e. The first kappa shape index (κ1) is 16.3. The average Bonchev–Trinajstić information content (AvgIpc) is 2.51. The molecule has 1 saturated heterocycles. The van der Waals surface area contributed by atoms with Crippen molar-refractivity contribution in [3.8, 4) is 0 Å². The van der Waals surface area contributed by atoms with Gasteiger partial charge in [-0.15, -0.1) is 11.6 Å². The van der Waals surface area contributed by atoms with E-state index in [-0.39, 0.29) is 5.91 Å². The first-order valence-electron chi connectivity index (χ1n) is 7.59. The third-order valence-corrected chi connectivity index (χ3v) is 3.98. The van der Waals surface area contributed by atoms with Crippen molar-refractivity contribution in [1.29, 1.82) is 0 Å². The molecule has 1 aliphatic heterocycles. The molecule has 1 aromatic rings. The number of alkyl halides is 1. The zero-order valence-electron chi connectivity index (χ0n) is 12.4. The molecule has 116 valence electrons. The molecule has 0 saturated carbocycles. The second-order valence-electron chi connectivity index (χ2n) is 5.43. The molecule has 2 rings (SSSR count). The van der Waals surface area contributed by atoms with Crippen molar-refractivity contribution in [3.63, 3.8) is 0 Å². The molecule has 1 aliphatic rings. The summed E-state index contributed by atoms with van der Waals surface area (Å²) in [5.74, 6) is 0.704. The van der Waals surface area contributed by atoms with Crippen LogP contribution in [0.25, 0.3) is 0 Å². The molecule has 4 nitrogen and oxygen atoms in total. The van der Waals surface area contributed by atoms with Crippen LogP contribution < -0.4 is 5.32 Å². The van der Waals surface area contributed by atoms with Crippen molar-refractivity contribution >= 4 is 17.5 Å². The number of nitrogens with zero attached hydrogens (tertiary/aromatic N) is 2. The number of halogens is 1. The van der Waals surface area contributed by atoms with Gasteiger partial charge in [0.15, 0.2) is 0 Å². The van der Waals surface area contributed by atoms with Crippen LogP contribution in [0, 0.1) is 0 Å². The molecule has 5 heteroatoms. The fourth-order valence-corrected chi connectivity index (χ4v) is 2.63. The molecular weight excluding hydrogens is 286 g/mol. The summed E-state index contributed by atoms with van der Waals surface area (Å²) in [5, 5.41) is 2.90. The van der Waals surface area contributed by atoms with Gasteiger partial charge in [-0.2, -0.15) is 0 Å². The molecule has 0 unspecified atom stereocenters. The van der Waals surface area contributed by atoms with Gasteiger partial charge in [-0.1, -0.05) is 30.3 Å². The number of carbonyl (C=O) groups excluding carboxylic acids is 1. The second kappa shape index (κ2) is 9.03. The van der Waals surface area contributed by atoms with Crippen LogP contribution in [0.2, 0.25) is 0 Å². The lowest BCUT2D eigenvalue weighted by Crippen LogP contribution is -2.49. The summed E-state index contributed by atoms with van der Waals surface area (Å²) in [4.78, 5) is 16.4. The molecule has 0 radical (unpaired) electrons. The van der Waals surface area contributed by atoms with Crippen molar-refractivity contribution < 1.29 is 4.79 Å². The lowest BCUT2D eigenvalue weighted by Gasteiger charge is -2.34. The predicted octanol–water partition coefficient (Wildman–Crippen LogP) is 1.55. The van der Waals surface area contributed by atoms with E-state index in [1.165, 1.54) is 5.56 Å².